The van der Waals surface area contributed by atoms with E-state index in [0.29, 0.717) is 6.04 Å². The van der Waals surface area contributed by atoms with Gasteiger partial charge in [-0.15, -0.1) is 0 Å². The summed E-state index contributed by atoms with van der Waals surface area (Å²) in [4.78, 5) is 0. The second-order valence-electron chi connectivity index (χ2n) is 5.95. The van der Waals surface area contributed by atoms with E-state index in [-0.39, 0.29) is 5.79 Å². The summed E-state index contributed by atoms with van der Waals surface area (Å²) in [6.07, 6.45) is 5.20. The Bertz CT molecular complexity index is 499. The molecule has 0 radical (unpaired) electrons. The Kier molecular flexibility index (Phi) is 4.74. The lowest BCUT2D eigenvalue weighted by Crippen LogP contribution is -2.29. The smallest absolute Gasteiger partial charge is 0.168 e. The molecule has 5 heteroatoms. The number of ether oxygens (including phenoxy) is 4. The summed E-state index contributed by atoms with van der Waals surface area (Å²) in [6.45, 7) is 1.45. The number of nitrogens with one attached hydrogen (secondary N) is 1. The zero-order valence-electron chi connectivity index (χ0n) is 13.4. The van der Waals surface area contributed by atoms with Gasteiger partial charge < -0.3 is 24.3 Å². The van der Waals surface area contributed by atoms with E-state index in [1.807, 2.05) is 18.2 Å². The van der Waals surface area contributed by atoms with Crippen LogP contribution in [0.2, 0.25) is 0 Å². The Labute approximate surface area is 131 Å². The highest BCUT2D eigenvalue weighted by Crippen LogP contribution is 2.37. The van der Waals surface area contributed by atoms with Crippen molar-refractivity contribution in [3.63, 3.8) is 0 Å². The monoisotopic (exact) mass is 307 g/mol. The molecule has 1 saturated carbocycles. The van der Waals surface area contributed by atoms with Crippen LogP contribution in [0.15, 0.2) is 18.2 Å². The van der Waals surface area contributed by atoms with Crippen molar-refractivity contribution in [1.82, 2.24) is 0 Å². The minimum Gasteiger partial charge on any atom is -0.497 e. The molecule has 1 atom stereocenters. The second kappa shape index (κ2) is 6.75. The van der Waals surface area contributed by atoms with E-state index in [0.717, 1.165) is 62.5 Å². The van der Waals surface area contributed by atoms with Crippen LogP contribution in [-0.4, -0.2) is 39.3 Å². The lowest BCUT2D eigenvalue weighted by Gasteiger charge is -2.25. The van der Waals surface area contributed by atoms with E-state index in [9.17, 15) is 0 Å². The summed E-state index contributed by atoms with van der Waals surface area (Å²) in [6, 6.07) is 6.28. The van der Waals surface area contributed by atoms with E-state index >= 15 is 0 Å². The van der Waals surface area contributed by atoms with Crippen LogP contribution in [0.4, 0.5) is 5.69 Å². The van der Waals surface area contributed by atoms with Crippen molar-refractivity contribution in [3.05, 3.63) is 18.2 Å². The number of hydrogen-bond donors (Lipinski definition) is 1. The zero-order valence-corrected chi connectivity index (χ0v) is 13.4. The number of rotatable bonds is 4. The van der Waals surface area contributed by atoms with Gasteiger partial charge in [0.25, 0.3) is 0 Å². The molecule has 1 aromatic carbocycles. The van der Waals surface area contributed by atoms with Gasteiger partial charge in [0.15, 0.2) is 5.79 Å². The fraction of sp³-hybridized carbons (Fsp3) is 0.647. The summed E-state index contributed by atoms with van der Waals surface area (Å²) in [7, 11) is 3.34. The van der Waals surface area contributed by atoms with E-state index in [1.54, 1.807) is 14.2 Å². The van der Waals surface area contributed by atoms with Crippen LogP contribution in [0, 0.1) is 0 Å². The fourth-order valence-electron chi connectivity index (χ4n) is 3.35. The SMILES string of the molecule is COc1ccc(NC2CCCC3(CC2)OCCO3)c(OC)c1. The van der Waals surface area contributed by atoms with Crippen molar-refractivity contribution >= 4 is 5.69 Å². The predicted octanol–water partition coefficient (Wildman–Crippen LogP) is 3.19. The average molecular weight is 307 g/mol. The number of hydrogen-bond acceptors (Lipinski definition) is 5. The molecule has 1 aromatic rings. The maximum Gasteiger partial charge on any atom is 0.168 e. The summed E-state index contributed by atoms with van der Waals surface area (Å²) in [5.74, 6) is 1.29. The lowest BCUT2D eigenvalue weighted by atomic mass is 10.1. The van der Waals surface area contributed by atoms with Crippen LogP contribution in [0.1, 0.15) is 32.1 Å². The Hall–Kier alpha value is -1.46. The van der Waals surface area contributed by atoms with Crippen molar-refractivity contribution in [3.8, 4) is 11.5 Å². The third-order valence-electron chi connectivity index (χ3n) is 4.57. The van der Waals surface area contributed by atoms with Crippen LogP contribution >= 0.6 is 0 Å². The highest BCUT2D eigenvalue weighted by molar-refractivity contribution is 5.59. The molecule has 2 aliphatic rings. The predicted molar refractivity (Wildman–Crippen MR) is 84.7 cm³/mol. The lowest BCUT2D eigenvalue weighted by molar-refractivity contribution is -0.165. The molecule has 2 fully saturated rings. The van der Waals surface area contributed by atoms with Crippen LogP contribution in [0.3, 0.4) is 0 Å². The number of methoxy groups -OCH3 is 2. The standard InChI is InChI=1S/C17H25NO4/c1-19-14-5-6-15(16(12-14)20-2)18-13-4-3-8-17(9-7-13)21-10-11-22-17/h5-6,12-13,18H,3-4,7-11H2,1-2H3. The van der Waals surface area contributed by atoms with Crippen molar-refractivity contribution in [1.29, 1.82) is 0 Å². The van der Waals surface area contributed by atoms with E-state index in [1.165, 1.54) is 0 Å². The molecule has 1 saturated heterocycles. The van der Waals surface area contributed by atoms with Crippen LogP contribution in [-0.2, 0) is 9.47 Å². The molecule has 1 aliphatic heterocycles. The van der Waals surface area contributed by atoms with Gasteiger partial charge in [-0.05, 0) is 31.4 Å². The van der Waals surface area contributed by atoms with Crippen LogP contribution in [0.5, 0.6) is 11.5 Å². The summed E-state index contributed by atoms with van der Waals surface area (Å²) >= 11 is 0. The molecule has 0 amide bonds. The first-order valence-corrected chi connectivity index (χ1v) is 8.01. The Morgan fingerprint density at radius 2 is 1.91 bits per heavy atom. The quantitative estimate of drug-likeness (QED) is 0.925. The third-order valence-corrected chi connectivity index (χ3v) is 4.57. The Morgan fingerprint density at radius 3 is 2.64 bits per heavy atom. The maximum absolute atomic E-state index is 5.84. The van der Waals surface area contributed by atoms with Crippen molar-refractivity contribution in [2.75, 3.05) is 32.8 Å². The van der Waals surface area contributed by atoms with Crippen molar-refractivity contribution < 1.29 is 18.9 Å². The second-order valence-corrected chi connectivity index (χ2v) is 5.95. The first kappa shape index (κ1) is 15.4. The molecule has 0 aromatic heterocycles. The van der Waals surface area contributed by atoms with Gasteiger partial charge in [0.1, 0.15) is 11.5 Å². The molecule has 5 nitrogen and oxygen atoms in total. The number of anilines is 1. The average Bonchev–Trinajstić information content (AvgIpc) is 2.92. The largest absolute Gasteiger partial charge is 0.497 e. The molecule has 1 heterocycles. The molecular weight excluding hydrogens is 282 g/mol. The maximum atomic E-state index is 5.84. The molecule has 0 bridgehead atoms. The first-order valence-electron chi connectivity index (χ1n) is 8.01. The van der Waals surface area contributed by atoms with E-state index in [4.69, 9.17) is 18.9 Å². The molecule has 122 valence electrons. The van der Waals surface area contributed by atoms with Gasteiger partial charge in [-0.2, -0.15) is 0 Å². The Balaban J connectivity index is 1.65. The van der Waals surface area contributed by atoms with E-state index in [2.05, 4.69) is 5.32 Å². The summed E-state index contributed by atoms with van der Waals surface area (Å²) < 4.78 is 22.4. The highest BCUT2D eigenvalue weighted by atomic mass is 16.7. The normalized spacial score (nSPS) is 24.0. The zero-order chi connectivity index (χ0) is 15.4. The van der Waals surface area contributed by atoms with Gasteiger partial charge in [-0.1, -0.05) is 0 Å². The van der Waals surface area contributed by atoms with Crippen LogP contribution < -0.4 is 14.8 Å². The summed E-state index contributed by atoms with van der Waals surface area (Å²) in [5, 5.41) is 3.61. The molecule has 1 aliphatic carbocycles. The van der Waals surface area contributed by atoms with Crippen LogP contribution in [0.25, 0.3) is 0 Å². The molecule has 1 spiro atoms. The van der Waals surface area contributed by atoms with Crippen molar-refractivity contribution in [2.24, 2.45) is 0 Å². The molecule has 1 N–H and O–H groups in total. The molecular formula is C17H25NO4. The topological polar surface area (TPSA) is 49.0 Å². The van der Waals surface area contributed by atoms with Gasteiger partial charge in [0, 0.05) is 24.9 Å². The summed E-state index contributed by atoms with van der Waals surface area (Å²) in [5.41, 5.74) is 1.01. The molecule has 22 heavy (non-hydrogen) atoms. The van der Waals surface area contributed by atoms with Crippen molar-refractivity contribution in [2.45, 2.75) is 43.9 Å². The van der Waals surface area contributed by atoms with Gasteiger partial charge in [0.2, 0.25) is 0 Å². The van der Waals surface area contributed by atoms with Gasteiger partial charge >= 0.3 is 0 Å². The highest BCUT2D eigenvalue weighted by Gasteiger charge is 2.38. The fourth-order valence-corrected chi connectivity index (χ4v) is 3.35. The van der Waals surface area contributed by atoms with Gasteiger partial charge in [-0.25, -0.2) is 0 Å². The minimum atomic E-state index is -0.319. The van der Waals surface area contributed by atoms with Gasteiger partial charge in [-0.3, -0.25) is 0 Å². The van der Waals surface area contributed by atoms with Gasteiger partial charge in [0.05, 0.1) is 33.1 Å². The molecule has 3 rings (SSSR count). The minimum absolute atomic E-state index is 0.319. The molecule has 1 unspecified atom stereocenters. The third kappa shape index (κ3) is 3.31. The first-order chi connectivity index (χ1) is 10.7. The number of benzene rings is 1. The Morgan fingerprint density at radius 1 is 1.09 bits per heavy atom. The van der Waals surface area contributed by atoms with E-state index < -0.39 is 0 Å².